The largest absolute Gasteiger partial charge is 0.350 e. The molecule has 26 heavy (non-hydrogen) atoms. The molecule has 1 atom stereocenters. The van der Waals surface area contributed by atoms with E-state index in [-0.39, 0.29) is 5.91 Å². The Morgan fingerprint density at radius 1 is 1.12 bits per heavy atom. The van der Waals surface area contributed by atoms with E-state index < -0.39 is 0 Å². The van der Waals surface area contributed by atoms with Gasteiger partial charge in [0.05, 0.1) is 6.04 Å². The van der Waals surface area contributed by atoms with Crippen LogP contribution in [0.25, 0.3) is 0 Å². The number of rotatable bonds is 3. The molecule has 3 aliphatic rings. The van der Waals surface area contributed by atoms with Gasteiger partial charge in [0.25, 0.3) is 0 Å². The maximum absolute atomic E-state index is 12.5. The molecule has 6 nitrogen and oxygen atoms in total. The van der Waals surface area contributed by atoms with Crippen LogP contribution in [0.15, 0.2) is 52.7 Å². The maximum Gasteiger partial charge on any atom is 0.223 e. The highest BCUT2D eigenvalue weighted by Gasteiger charge is 2.31. The molecule has 6 heteroatoms. The van der Waals surface area contributed by atoms with Crippen molar-refractivity contribution in [2.75, 3.05) is 32.7 Å². The lowest BCUT2D eigenvalue weighted by molar-refractivity contribution is -0.132. The summed E-state index contributed by atoms with van der Waals surface area (Å²) in [5.41, 5.74) is 1.22. The quantitative estimate of drug-likeness (QED) is 0.834. The third-order valence-corrected chi connectivity index (χ3v) is 5.12. The van der Waals surface area contributed by atoms with Crippen LogP contribution in [-0.4, -0.2) is 71.0 Å². The molecule has 1 aromatic rings. The van der Waals surface area contributed by atoms with E-state index in [4.69, 9.17) is 4.99 Å². The summed E-state index contributed by atoms with van der Waals surface area (Å²) in [4.78, 5) is 28.2. The number of carbonyl (C=O) groups is 1. The summed E-state index contributed by atoms with van der Waals surface area (Å²) in [5.74, 6) is 2.17. The normalized spacial score (nSPS) is 22.2. The van der Waals surface area contributed by atoms with Crippen molar-refractivity contribution in [3.05, 3.63) is 48.3 Å². The highest BCUT2D eigenvalue weighted by Crippen LogP contribution is 2.17. The van der Waals surface area contributed by atoms with Crippen LogP contribution in [0.4, 0.5) is 0 Å². The second-order valence-corrected chi connectivity index (χ2v) is 7.06. The van der Waals surface area contributed by atoms with Crippen molar-refractivity contribution in [2.45, 2.75) is 25.8 Å². The second kappa shape index (κ2) is 7.32. The first-order valence-corrected chi connectivity index (χ1v) is 9.36. The van der Waals surface area contributed by atoms with Gasteiger partial charge in [-0.3, -0.25) is 9.79 Å². The van der Waals surface area contributed by atoms with Crippen molar-refractivity contribution in [2.24, 2.45) is 9.98 Å². The molecule has 1 unspecified atom stereocenters. The molecule has 0 bridgehead atoms. The van der Waals surface area contributed by atoms with Crippen molar-refractivity contribution < 1.29 is 4.79 Å². The Hall–Kier alpha value is -2.63. The van der Waals surface area contributed by atoms with E-state index in [1.165, 1.54) is 5.56 Å². The van der Waals surface area contributed by atoms with E-state index in [1.54, 1.807) is 0 Å². The lowest BCUT2D eigenvalue weighted by atomic mass is 10.1. The van der Waals surface area contributed by atoms with E-state index in [9.17, 15) is 4.79 Å². The molecule has 3 aliphatic heterocycles. The summed E-state index contributed by atoms with van der Waals surface area (Å²) in [6, 6.07) is 10.5. The van der Waals surface area contributed by atoms with Crippen LogP contribution in [0.1, 0.15) is 18.9 Å². The molecule has 0 saturated carbocycles. The lowest BCUT2D eigenvalue weighted by Gasteiger charge is -2.37. The minimum atomic E-state index is 0.243. The van der Waals surface area contributed by atoms with Gasteiger partial charge in [0, 0.05) is 51.5 Å². The van der Waals surface area contributed by atoms with Gasteiger partial charge < -0.3 is 14.7 Å². The minimum Gasteiger partial charge on any atom is -0.350 e. The molecule has 3 heterocycles. The molecule has 136 valence electrons. The fourth-order valence-corrected chi connectivity index (χ4v) is 3.70. The highest BCUT2D eigenvalue weighted by molar-refractivity contribution is 6.41. The molecular weight excluding hydrogens is 326 g/mol. The number of hydrogen-bond donors (Lipinski definition) is 0. The van der Waals surface area contributed by atoms with Gasteiger partial charge in [0.2, 0.25) is 5.91 Å². The number of amidine groups is 2. The molecule has 1 aromatic carbocycles. The third-order valence-electron chi connectivity index (χ3n) is 5.12. The zero-order valence-electron chi connectivity index (χ0n) is 15.2. The summed E-state index contributed by atoms with van der Waals surface area (Å²) in [6.45, 7) is 6.16. The number of aryl methyl sites for hydroxylation is 1. The zero-order valence-corrected chi connectivity index (χ0v) is 15.2. The smallest absolute Gasteiger partial charge is 0.223 e. The van der Waals surface area contributed by atoms with E-state index in [0.29, 0.717) is 12.5 Å². The number of hydrogen-bond acceptors (Lipinski definition) is 5. The molecule has 0 radical (unpaired) electrons. The summed E-state index contributed by atoms with van der Waals surface area (Å²) in [5, 5.41) is 0. The van der Waals surface area contributed by atoms with Crippen LogP contribution in [-0.2, 0) is 11.2 Å². The first-order chi connectivity index (χ1) is 12.7. The van der Waals surface area contributed by atoms with E-state index in [2.05, 4.69) is 33.8 Å². The third kappa shape index (κ3) is 3.49. The standard InChI is InChI=1S/C20H25N5O/c1-16-15-25-10-9-21-19(20(25)22-16)24-13-11-23(12-14-24)18(26)8-7-17-5-3-2-4-6-17/h2-6,9-10,16H,7-8,11-15H2,1H3. The molecule has 1 saturated heterocycles. The maximum atomic E-state index is 12.5. The first kappa shape index (κ1) is 16.8. The van der Waals surface area contributed by atoms with E-state index in [1.807, 2.05) is 35.5 Å². The predicted octanol–water partition coefficient (Wildman–Crippen LogP) is 1.75. The van der Waals surface area contributed by atoms with Crippen LogP contribution in [0.3, 0.4) is 0 Å². The first-order valence-electron chi connectivity index (χ1n) is 9.36. The summed E-state index contributed by atoms with van der Waals surface area (Å²) >= 11 is 0. The van der Waals surface area contributed by atoms with Crippen LogP contribution < -0.4 is 0 Å². The minimum absolute atomic E-state index is 0.243. The average molecular weight is 351 g/mol. The molecular formula is C20H25N5O. The van der Waals surface area contributed by atoms with Crippen LogP contribution >= 0.6 is 0 Å². The van der Waals surface area contributed by atoms with Gasteiger partial charge in [-0.25, -0.2) is 4.99 Å². The molecule has 0 spiro atoms. The Kier molecular flexibility index (Phi) is 4.73. The summed E-state index contributed by atoms with van der Waals surface area (Å²) in [6.07, 6.45) is 5.23. The van der Waals surface area contributed by atoms with Gasteiger partial charge in [-0.2, -0.15) is 0 Å². The monoisotopic (exact) mass is 351 g/mol. The van der Waals surface area contributed by atoms with Gasteiger partial charge in [0.15, 0.2) is 11.7 Å². The van der Waals surface area contributed by atoms with E-state index >= 15 is 0 Å². The van der Waals surface area contributed by atoms with Gasteiger partial charge >= 0.3 is 0 Å². The molecule has 0 aliphatic carbocycles. The Morgan fingerprint density at radius 2 is 1.88 bits per heavy atom. The topological polar surface area (TPSA) is 51.5 Å². The number of nitrogens with zero attached hydrogens (tertiary/aromatic N) is 5. The molecule has 1 fully saturated rings. The second-order valence-electron chi connectivity index (χ2n) is 7.06. The zero-order chi connectivity index (χ0) is 17.9. The molecule has 1 amide bonds. The highest BCUT2D eigenvalue weighted by atomic mass is 16.2. The van der Waals surface area contributed by atoms with Gasteiger partial charge in [-0.15, -0.1) is 0 Å². The fourth-order valence-electron chi connectivity index (χ4n) is 3.70. The predicted molar refractivity (Wildman–Crippen MR) is 103 cm³/mol. The van der Waals surface area contributed by atoms with Crippen molar-refractivity contribution in [1.82, 2.24) is 14.7 Å². The van der Waals surface area contributed by atoms with Gasteiger partial charge in [-0.05, 0) is 18.9 Å². The number of aliphatic imine (C=N–C) groups is 2. The van der Waals surface area contributed by atoms with Crippen LogP contribution in [0, 0.1) is 0 Å². The van der Waals surface area contributed by atoms with Crippen molar-refractivity contribution in [1.29, 1.82) is 0 Å². The number of fused-ring (bicyclic) bond motifs is 1. The van der Waals surface area contributed by atoms with Crippen molar-refractivity contribution in [3.8, 4) is 0 Å². The van der Waals surface area contributed by atoms with Gasteiger partial charge in [-0.1, -0.05) is 30.3 Å². The van der Waals surface area contributed by atoms with Crippen LogP contribution in [0.5, 0.6) is 0 Å². The molecule has 0 N–H and O–H groups in total. The number of amides is 1. The Bertz CT molecular complexity index is 747. The Morgan fingerprint density at radius 3 is 2.65 bits per heavy atom. The Balaban J connectivity index is 1.31. The van der Waals surface area contributed by atoms with Crippen molar-refractivity contribution in [3.63, 3.8) is 0 Å². The molecule has 0 aromatic heterocycles. The van der Waals surface area contributed by atoms with E-state index in [0.717, 1.165) is 50.8 Å². The summed E-state index contributed by atoms with van der Waals surface area (Å²) < 4.78 is 0. The van der Waals surface area contributed by atoms with Crippen LogP contribution in [0.2, 0.25) is 0 Å². The van der Waals surface area contributed by atoms with Gasteiger partial charge in [0.1, 0.15) is 0 Å². The fraction of sp³-hybridized carbons (Fsp3) is 0.450. The number of benzene rings is 1. The SMILES string of the molecule is CC1CN2C=CN=C(N3CCN(C(=O)CCc4ccccc4)CC3)C2=N1. The number of carbonyl (C=O) groups excluding carboxylic acids is 1. The average Bonchev–Trinajstić information content (AvgIpc) is 3.07. The number of piperazine rings is 1. The van der Waals surface area contributed by atoms with Crippen molar-refractivity contribution >= 4 is 17.6 Å². The summed E-state index contributed by atoms with van der Waals surface area (Å²) in [7, 11) is 0. The molecule has 4 rings (SSSR count). The lowest BCUT2D eigenvalue weighted by Crippen LogP contribution is -2.53. The Labute approximate surface area is 154 Å².